The molecule has 0 aromatic heterocycles. The summed E-state index contributed by atoms with van der Waals surface area (Å²) in [6.07, 6.45) is 1.62. The Morgan fingerprint density at radius 2 is 2.00 bits per heavy atom. The van der Waals surface area contributed by atoms with Crippen LogP contribution < -0.4 is 15.2 Å². The van der Waals surface area contributed by atoms with E-state index in [-0.39, 0.29) is 23.3 Å². The largest absolute Gasteiger partial charge is 0.497 e. The van der Waals surface area contributed by atoms with Crippen molar-refractivity contribution in [3.05, 3.63) is 18.2 Å². The first-order valence-electron chi connectivity index (χ1n) is 7.38. The Bertz CT molecular complexity index is 624. The van der Waals surface area contributed by atoms with Gasteiger partial charge in [0.05, 0.1) is 14.2 Å². The number of rotatable bonds is 5. The van der Waals surface area contributed by atoms with Crippen molar-refractivity contribution in [2.45, 2.75) is 30.7 Å². The maximum Gasteiger partial charge on any atom is 0.247 e. The zero-order chi connectivity index (χ0) is 16.3. The zero-order valence-electron chi connectivity index (χ0n) is 13.7. The molecule has 0 saturated carbocycles. The average Bonchev–Trinajstić information content (AvgIpc) is 2.53. The van der Waals surface area contributed by atoms with Crippen molar-refractivity contribution in [3.63, 3.8) is 0 Å². The van der Waals surface area contributed by atoms with Crippen LogP contribution in [0.25, 0.3) is 0 Å². The van der Waals surface area contributed by atoms with E-state index < -0.39 is 10.0 Å². The molecule has 2 N–H and O–H groups in total. The standard InChI is InChI=1S/C15H24N2O4S.ClH/c1-11-6-7-17(12(8-11)10-16)22(18,19)15-9-13(20-2)4-5-14(15)21-3;/h4-5,9,11-12H,6-8,10,16H2,1-3H3;1H. The van der Waals surface area contributed by atoms with Gasteiger partial charge >= 0.3 is 0 Å². The molecule has 2 rings (SSSR count). The van der Waals surface area contributed by atoms with Crippen molar-refractivity contribution in [3.8, 4) is 11.5 Å². The predicted octanol–water partition coefficient (Wildman–Crippen LogP) is 1.87. The number of benzene rings is 1. The van der Waals surface area contributed by atoms with E-state index in [0.717, 1.165) is 12.8 Å². The molecule has 1 aliphatic heterocycles. The summed E-state index contributed by atoms with van der Waals surface area (Å²) in [7, 11) is -0.712. The lowest BCUT2D eigenvalue weighted by atomic mass is 9.94. The molecule has 1 aromatic carbocycles. The average molecular weight is 365 g/mol. The fourth-order valence-electron chi connectivity index (χ4n) is 2.87. The Labute approximate surface area is 144 Å². The van der Waals surface area contributed by atoms with Crippen molar-refractivity contribution < 1.29 is 17.9 Å². The number of hydrogen-bond acceptors (Lipinski definition) is 5. The van der Waals surface area contributed by atoms with Crippen molar-refractivity contribution in [1.82, 2.24) is 4.31 Å². The Balaban J connectivity index is 0.00000264. The maximum absolute atomic E-state index is 13.0. The van der Waals surface area contributed by atoms with Gasteiger partial charge in [-0.05, 0) is 30.9 Å². The molecule has 1 aliphatic rings. The third-order valence-electron chi connectivity index (χ3n) is 4.15. The number of halogens is 1. The van der Waals surface area contributed by atoms with Gasteiger partial charge < -0.3 is 15.2 Å². The second kappa shape index (κ2) is 8.19. The highest BCUT2D eigenvalue weighted by Crippen LogP contribution is 2.34. The van der Waals surface area contributed by atoms with Gasteiger partial charge in [0.15, 0.2) is 0 Å². The van der Waals surface area contributed by atoms with Crippen LogP contribution >= 0.6 is 12.4 Å². The number of ether oxygens (including phenoxy) is 2. The first-order chi connectivity index (χ1) is 10.4. The Morgan fingerprint density at radius 3 is 2.57 bits per heavy atom. The van der Waals surface area contributed by atoms with Crippen molar-refractivity contribution in [2.75, 3.05) is 27.3 Å². The third kappa shape index (κ3) is 4.09. The number of nitrogens with zero attached hydrogens (tertiary/aromatic N) is 1. The molecule has 1 fully saturated rings. The molecule has 0 spiro atoms. The van der Waals surface area contributed by atoms with Crippen LogP contribution in [0.4, 0.5) is 0 Å². The molecule has 0 aliphatic carbocycles. The molecular formula is C15H25ClN2O4S. The molecule has 0 amide bonds. The van der Waals surface area contributed by atoms with Gasteiger partial charge in [-0.3, -0.25) is 0 Å². The molecule has 1 heterocycles. The fraction of sp³-hybridized carbons (Fsp3) is 0.600. The third-order valence-corrected chi connectivity index (χ3v) is 6.13. The molecule has 2 atom stereocenters. The summed E-state index contributed by atoms with van der Waals surface area (Å²) in [5.74, 6) is 1.27. The van der Waals surface area contributed by atoms with Crippen LogP contribution in [0.2, 0.25) is 0 Å². The Kier molecular flexibility index (Phi) is 7.13. The lowest BCUT2D eigenvalue weighted by Gasteiger charge is -2.37. The van der Waals surface area contributed by atoms with Gasteiger partial charge in [-0.2, -0.15) is 4.31 Å². The quantitative estimate of drug-likeness (QED) is 0.862. The van der Waals surface area contributed by atoms with E-state index in [0.29, 0.717) is 30.5 Å². The van der Waals surface area contributed by atoms with Gasteiger partial charge in [0.1, 0.15) is 16.4 Å². The van der Waals surface area contributed by atoms with E-state index in [4.69, 9.17) is 15.2 Å². The highest BCUT2D eigenvalue weighted by Gasteiger charge is 2.36. The van der Waals surface area contributed by atoms with Crippen LogP contribution in [-0.2, 0) is 10.0 Å². The van der Waals surface area contributed by atoms with Crippen molar-refractivity contribution in [1.29, 1.82) is 0 Å². The van der Waals surface area contributed by atoms with E-state index >= 15 is 0 Å². The number of methoxy groups -OCH3 is 2. The highest BCUT2D eigenvalue weighted by atomic mass is 35.5. The second-order valence-corrected chi connectivity index (χ2v) is 7.51. The van der Waals surface area contributed by atoms with E-state index in [2.05, 4.69) is 6.92 Å². The summed E-state index contributed by atoms with van der Waals surface area (Å²) in [5.41, 5.74) is 5.80. The minimum atomic E-state index is -3.67. The first kappa shape index (κ1) is 20.0. The lowest BCUT2D eigenvalue weighted by molar-refractivity contribution is 0.210. The van der Waals surface area contributed by atoms with E-state index in [1.54, 1.807) is 12.1 Å². The van der Waals surface area contributed by atoms with Gasteiger partial charge in [0.2, 0.25) is 10.0 Å². The summed E-state index contributed by atoms with van der Waals surface area (Å²) >= 11 is 0. The van der Waals surface area contributed by atoms with E-state index in [1.165, 1.54) is 24.6 Å². The molecule has 0 radical (unpaired) electrons. The maximum atomic E-state index is 13.0. The molecule has 6 nitrogen and oxygen atoms in total. The molecular weight excluding hydrogens is 340 g/mol. The lowest BCUT2D eigenvalue weighted by Crippen LogP contribution is -2.49. The van der Waals surface area contributed by atoms with Crippen LogP contribution in [0.5, 0.6) is 11.5 Å². The Morgan fingerprint density at radius 1 is 1.30 bits per heavy atom. The molecule has 1 aromatic rings. The van der Waals surface area contributed by atoms with E-state index in [1.807, 2.05) is 0 Å². The molecule has 2 unspecified atom stereocenters. The van der Waals surface area contributed by atoms with Crippen molar-refractivity contribution in [2.24, 2.45) is 11.7 Å². The molecule has 1 saturated heterocycles. The molecule has 132 valence electrons. The number of sulfonamides is 1. The van der Waals surface area contributed by atoms with Gasteiger partial charge in [-0.15, -0.1) is 12.4 Å². The molecule has 23 heavy (non-hydrogen) atoms. The van der Waals surface area contributed by atoms with Gasteiger partial charge in [0.25, 0.3) is 0 Å². The van der Waals surface area contributed by atoms with Gasteiger partial charge in [-0.25, -0.2) is 8.42 Å². The van der Waals surface area contributed by atoms with E-state index in [9.17, 15) is 8.42 Å². The monoisotopic (exact) mass is 364 g/mol. The van der Waals surface area contributed by atoms with Crippen LogP contribution in [0.1, 0.15) is 19.8 Å². The predicted molar refractivity (Wildman–Crippen MR) is 91.9 cm³/mol. The zero-order valence-corrected chi connectivity index (χ0v) is 15.3. The molecule has 8 heteroatoms. The summed E-state index contributed by atoms with van der Waals surface area (Å²) in [5, 5.41) is 0. The fourth-order valence-corrected chi connectivity index (χ4v) is 4.71. The van der Waals surface area contributed by atoms with Crippen LogP contribution in [0.15, 0.2) is 23.1 Å². The molecule has 0 bridgehead atoms. The normalized spacial score (nSPS) is 22.3. The Hall–Kier alpha value is -1.02. The van der Waals surface area contributed by atoms with Crippen molar-refractivity contribution >= 4 is 22.4 Å². The number of piperidine rings is 1. The van der Waals surface area contributed by atoms with Crippen LogP contribution in [0.3, 0.4) is 0 Å². The smallest absolute Gasteiger partial charge is 0.247 e. The summed E-state index contributed by atoms with van der Waals surface area (Å²) in [4.78, 5) is 0.127. The number of hydrogen-bond donors (Lipinski definition) is 1. The van der Waals surface area contributed by atoms with Gasteiger partial charge in [-0.1, -0.05) is 6.92 Å². The summed E-state index contributed by atoms with van der Waals surface area (Å²) in [6, 6.07) is 4.61. The summed E-state index contributed by atoms with van der Waals surface area (Å²) < 4.78 is 38.0. The SMILES string of the molecule is COc1ccc(OC)c(S(=O)(=O)N2CCC(C)CC2CN)c1.Cl. The van der Waals surface area contributed by atoms with Crippen LogP contribution in [-0.4, -0.2) is 46.1 Å². The highest BCUT2D eigenvalue weighted by molar-refractivity contribution is 7.89. The van der Waals surface area contributed by atoms with Gasteiger partial charge in [0, 0.05) is 25.2 Å². The topological polar surface area (TPSA) is 81.9 Å². The van der Waals surface area contributed by atoms with Crippen LogP contribution in [0, 0.1) is 5.92 Å². The second-order valence-electron chi connectivity index (χ2n) is 5.65. The first-order valence-corrected chi connectivity index (χ1v) is 8.82. The minimum absolute atomic E-state index is 0. The minimum Gasteiger partial charge on any atom is -0.497 e. The number of nitrogens with two attached hydrogens (primary N) is 1. The summed E-state index contributed by atoms with van der Waals surface area (Å²) in [6.45, 7) is 2.92.